The number of aromatic nitrogens is 1. The highest BCUT2D eigenvalue weighted by Gasteiger charge is 2.09. The highest BCUT2D eigenvalue weighted by molar-refractivity contribution is 14.1. The molecule has 0 fully saturated rings. The van der Waals surface area contributed by atoms with Crippen molar-refractivity contribution in [3.05, 3.63) is 48.0 Å². The monoisotopic (exact) mass is 375 g/mol. The van der Waals surface area contributed by atoms with Gasteiger partial charge in [0.15, 0.2) is 0 Å². The van der Waals surface area contributed by atoms with Gasteiger partial charge in [0.1, 0.15) is 0 Å². The number of aryl methyl sites for hydroxylation is 1. The molecule has 0 atom stereocenters. The quantitative estimate of drug-likeness (QED) is 0.504. The summed E-state index contributed by atoms with van der Waals surface area (Å²) in [5.41, 5.74) is 1.01. The summed E-state index contributed by atoms with van der Waals surface area (Å²) in [7, 11) is 0. The van der Waals surface area contributed by atoms with Crippen molar-refractivity contribution in [1.29, 1.82) is 0 Å². The molecule has 2 aromatic rings. The number of nitrogens with zero attached hydrogens (tertiary/aromatic N) is 2. The molecule has 7 heteroatoms. The summed E-state index contributed by atoms with van der Waals surface area (Å²) in [5, 5.41) is 14.9. The third-order valence-corrected chi connectivity index (χ3v) is 4.09. The number of benzene rings is 1. The minimum Gasteiger partial charge on any atom is -0.379 e. The van der Waals surface area contributed by atoms with Crippen LogP contribution in [0.1, 0.15) is 9.88 Å². The number of nitrogens with one attached hydrogen (secondary N) is 1. The van der Waals surface area contributed by atoms with Gasteiger partial charge in [-0.15, -0.1) is 11.3 Å². The number of rotatable bonds is 4. The Morgan fingerprint density at radius 1 is 1.56 bits per heavy atom. The second kappa shape index (κ2) is 5.61. The Morgan fingerprint density at radius 3 is 2.89 bits per heavy atom. The second-order valence-corrected chi connectivity index (χ2v) is 6.10. The second-order valence-electron chi connectivity index (χ2n) is 3.62. The number of hydrogen-bond donors (Lipinski definition) is 1. The molecule has 5 nitrogen and oxygen atoms in total. The van der Waals surface area contributed by atoms with E-state index in [4.69, 9.17) is 0 Å². The third kappa shape index (κ3) is 3.16. The minimum absolute atomic E-state index is 0.110. The molecule has 2 rings (SSSR count). The van der Waals surface area contributed by atoms with Crippen molar-refractivity contribution in [2.45, 2.75) is 13.5 Å². The smallest absolute Gasteiger partial charge is 0.270 e. The predicted octanol–water partition coefficient (Wildman–Crippen LogP) is 3.58. The molecule has 0 saturated heterocycles. The van der Waals surface area contributed by atoms with E-state index in [9.17, 15) is 10.1 Å². The summed E-state index contributed by atoms with van der Waals surface area (Å²) in [6, 6.07) is 4.79. The molecule has 0 aliphatic heterocycles. The van der Waals surface area contributed by atoms with E-state index in [2.05, 4.69) is 32.9 Å². The van der Waals surface area contributed by atoms with Gasteiger partial charge in [0, 0.05) is 32.5 Å². The highest BCUT2D eigenvalue weighted by Crippen LogP contribution is 2.24. The van der Waals surface area contributed by atoms with Crippen LogP contribution < -0.4 is 5.32 Å². The summed E-state index contributed by atoms with van der Waals surface area (Å²) in [6.45, 7) is 2.64. The van der Waals surface area contributed by atoms with Crippen molar-refractivity contribution in [3.63, 3.8) is 0 Å². The van der Waals surface area contributed by atoms with Crippen LogP contribution in [0.25, 0.3) is 0 Å². The Balaban J connectivity index is 2.08. The largest absolute Gasteiger partial charge is 0.379 e. The first-order valence-electron chi connectivity index (χ1n) is 5.15. The summed E-state index contributed by atoms with van der Waals surface area (Å²) < 4.78 is 0.836. The highest BCUT2D eigenvalue weighted by atomic mass is 127. The van der Waals surface area contributed by atoms with Crippen molar-refractivity contribution in [3.8, 4) is 0 Å². The van der Waals surface area contributed by atoms with Gasteiger partial charge in [-0.05, 0) is 35.6 Å². The fourth-order valence-corrected chi connectivity index (χ4v) is 2.85. The molecular formula is C11H10IN3O2S. The van der Waals surface area contributed by atoms with Gasteiger partial charge in [0.05, 0.1) is 16.5 Å². The van der Waals surface area contributed by atoms with Gasteiger partial charge in [0.25, 0.3) is 5.69 Å². The van der Waals surface area contributed by atoms with E-state index in [-0.39, 0.29) is 5.69 Å². The molecule has 0 unspecified atom stereocenters. The zero-order valence-corrected chi connectivity index (χ0v) is 12.5. The average molecular weight is 375 g/mol. The standard InChI is InChI=1S/C11H10IN3O2S/c1-7-13-5-9(18-7)6-14-11-3-2-8(15(16)17)4-10(11)12/h2-5,14H,6H2,1H3. The number of non-ortho nitro benzene ring substituents is 1. The van der Waals surface area contributed by atoms with Crippen molar-refractivity contribution in [2.24, 2.45) is 0 Å². The van der Waals surface area contributed by atoms with Gasteiger partial charge >= 0.3 is 0 Å². The molecule has 18 heavy (non-hydrogen) atoms. The van der Waals surface area contributed by atoms with E-state index >= 15 is 0 Å². The van der Waals surface area contributed by atoms with Crippen LogP contribution >= 0.6 is 33.9 Å². The van der Waals surface area contributed by atoms with Gasteiger partial charge in [-0.3, -0.25) is 10.1 Å². The maximum absolute atomic E-state index is 10.6. The van der Waals surface area contributed by atoms with Crippen LogP contribution in [0.4, 0.5) is 11.4 Å². The molecule has 0 bridgehead atoms. The van der Waals surface area contributed by atoms with E-state index in [0.29, 0.717) is 6.54 Å². The minimum atomic E-state index is -0.390. The van der Waals surface area contributed by atoms with Crippen LogP contribution in [-0.4, -0.2) is 9.91 Å². The number of thiazole rings is 1. The SMILES string of the molecule is Cc1ncc(CNc2ccc([N+](=O)[O-])cc2I)s1. The molecule has 0 saturated carbocycles. The molecule has 1 N–H and O–H groups in total. The Bertz CT molecular complexity index is 585. The Hall–Kier alpha value is -1.22. The van der Waals surface area contributed by atoms with Gasteiger partial charge in [-0.25, -0.2) is 4.98 Å². The van der Waals surface area contributed by atoms with Crippen molar-refractivity contribution >= 4 is 45.3 Å². The number of nitro groups is 1. The van der Waals surface area contributed by atoms with Crippen molar-refractivity contribution < 1.29 is 4.92 Å². The van der Waals surface area contributed by atoms with Crippen LogP contribution in [-0.2, 0) is 6.54 Å². The molecule has 0 radical (unpaired) electrons. The number of anilines is 1. The Morgan fingerprint density at radius 2 is 2.33 bits per heavy atom. The first-order valence-corrected chi connectivity index (χ1v) is 7.05. The molecule has 94 valence electrons. The maximum Gasteiger partial charge on any atom is 0.270 e. The number of hydrogen-bond acceptors (Lipinski definition) is 5. The maximum atomic E-state index is 10.6. The third-order valence-electron chi connectivity index (χ3n) is 2.29. The lowest BCUT2D eigenvalue weighted by atomic mass is 10.3. The van der Waals surface area contributed by atoms with Gasteiger partial charge in [-0.1, -0.05) is 0 Å². The van der Waals surface area contributed by atoms with E-state index in [0.717, 1.165) is 19.1 Å². The molecule has 0 aliphatic rings. The molecule has 1 aromatic carbocycles. The van der Waals surface area contributed by atoms with Gasteiger partial charge in [0.2, 0.25) is 0 Å². The fourth-order valence-electron chi connectivity index (χ4n) is 1.43. The molecule has 0 amide bonds. The number of nitro benzene ring substituents is 1. The number of halogens is 1. The Labute approximate surface area is 122 Å². The molecule has 1 aromatic heterocycles. The molecule has 0 spiro atoms. The molecule has 0 aliphatic carbocycles. The normalized spacial score (nSPS) is 10.3. The first-order chi connectivity index (χ1) is 8.56. The lowest BCUT2D eigenvalue weighted by molar-refractivity contribution is -0.384. The van der Waals surface area contributed by atoms with Crippen LogP contribution in [0, 0.1) is 20.6 Å². The predicted molar refractivity (Wildman–Crippen MR) is 80.0 cm³/mol. The lowest BCUT2D eigenvalue weighted by Crippen LogP contribution is -2.00. The molecular weight excluding hydrogens is 365 g/mol. The van der Waals surface area contributed by atoms with Crippen molar-refractivity contribution in [2.75, 3.05) is 5.32 Å². The van der Waals surface area contributed by atoms with E-state index in [1.165, 1.54) is 6.07 Å². The van der Waals surface area contributed by atoms with Crippen LogP contribution in [0.15, 0.2) is 24.4 Å². The average Bonchev–Trinajstić information content (AvgIpc) is 2.73. The summed E-state index contributed by atoms with van der Waals surface area (Å²) in [4.78, 5) is 15.5. The Kier molecular flexibility index (Phi) is 4.12. The van der Waals surface area contributed by atoms with Crippen LogP contribution in [0.2, 0.25) is 0 Å². The fraction of sp³-hybridized carbons (Fsp3) is 0.182. The lowest BCUT2D eigenvalue weighted by Gasteiger charge is -2.06. The van der Waals surface area contributed by atoms with E-state index in [1.807, 2.05) is 13.1 Å². The summed E-state index contributed by atoms with van der Waals surface area (Å²) in [5.74, 6) is 0. The van der Waals surface area contributed by atoms with E-state index < -0.39 is 4.92 Å². The summed E-state index contributed by atoms with van der Waals surface area (Å²) in [6.07, 6.45) is 1.84. The summed E-state index contributed by atoms with van der Waals surface area (Å²) >= 11 is 3.72. The van der Waals surface area contributed by atoms with E-state index in [1.54, 1.807) is 23.5 Å². The van der Waals surface area contributed by atoms with Crippen LogP contribution in [0.5, 0.6) is 0 Å². The van der Waals surface area contributed by atoms with Crippen LogP contribution in [0.3, 0.4) is 0 Å². The van der Waals surface area contributed by atoms with Gasteiger partial charge in [-0.2, -0.15) is 0 Å². The van der Waals surface area contributed by atoms with Crippen molar-refractivity contribution in [1.82, 2.24) is 4.98 Å². The first kappa shape index (κ1) is 13.2. The molecule has 1 heterocycles. The topological polar surface area (TPSA) is 68.1 Å². The van der Waals surface area contributed by atoms with Gasteiger partial charge < -0.3 is 5.32 Å². The zero-order valence-electron chi connectivity index (χ0n) is 9.51. The zero-order chi connectivity index (χ0) is 13.1.